The van der Waals surface area contributed by atoms with E-state index in [0.29, 0.717) is 6.54 Å². The molecule has 0 aromatic carbocycles. The zero-order valence-electron chi connectivity index (χ0n) is 29.3. The Morgan fingerprint density at radius 2 is 1.15 bits per heavy atom. The molecular weight excluding hydrogens is 734 g/mol. The standard InChI is InChI=1S/C32H53NO21/c1-10-14(35)24(51-32-22(43)18(39)20(41)27(54-32)29(46)47)16(37)13(49-10)9-48-30-23(44)25(15(36)12(8-34)50-30)52-31-21(42)17(38)19(40)26(53-31)28(45)33-7-11-5-3-2-4-6-11/h10-27,30-32,34-44H,2-9H2,1H3,(H,33,45)(H,46,47). The smallest absolute Gasteiger partial charge is 0.335 e. The maximum absolute atomic E-state index is 13.0. The van der Waals surface area contributed by atoms with Gasteiger partial charge in [0.1, 0.15) is 85.5 Å². The molecule has 0 bridgehead atoms. The van der Waals surface area contributed by atoms with E-state index >= 15 is 0 Å². The molecular formula is C32H53NO21. The summed E-state index contributed by atoms with van der Waals surface area (Å²) >= 11 is 0. The number of hydrogen-bond donors (Lipinski definition) is 13. The van der Waals surface area contributed by atoms with Crippen LogP contribution in [0.1, 0.15) is 39.0 Å². The fourth-order valence-electron chi connectivity index (χ4n) is 7.35. The number of aliphatic hydroxyl groups excluding tert-OH is 11. The summed E-state index contributed by atoms with van der Waals surface area (Å²) in [5.74, 6) is -2.27. The molecule has 0 aromatic heterocycles. The normalized spacial score (nSPS) is 47.9. The van der Waals surface area contributed by atoms with E-state index in [9.17, 15) is 70.9 Å². The molecule has 5 aliphatic rings. The summed E-state index contributed by atoms with van der Waals surface area (Å²) in [5, 5.41) is 128. The van der Waals surface area contributed by atoms with Gasteiger partial charge >= 0.3 is 5.97 Å². The SMILES string of the molecule is CC1OC(COC2OC(CO)C(O)C(OC3OC(C(=O)NCC4CCCCC4)C(O)C(O)C3O)C2O)C(O)C(OC2OC(C(=O)O)C(O)C(O)C2O)C1O. The highest BCUT2D eigenvalue weighted by atomic mass is 16.7. The number of carbonyl (C=O) groups is 2. The Bertz CT molecular complexity index is 1230. The minimum Gasteiger partial charge on any atom is -0.479 e. The Labute approximate surface area is 308 Å². The largest absolute Gasteiger partial charge is 0.479 e. The average Bonchev–Trinajstić information content (AvgIpc) is 3.15. The van der Waals surface area contributed by atoms with Crippen LogP contribution >= 0.6 is 0 Å². The van der Waals surface area contributed by atoms with E-state index in [1.807, 2.05) is 0 Å². The van der Waals surface area contributed by atoms with Gasteiger partial charge in [0, 0.05) is 6.54 Å². The quantitative estimate of drug-likeness (QED) is 0.0874. The van der Waals surface area contributed by atoms with Gasteiger partial charge in [-0.2, -0.15) is 0 Å². The van der Waals surface area contributed by atoms with Crippen molar-refractivity contribution in [3.05, 3.63) is 0 Å². The Balaban J connectivity index is 1.23. The van der Waals surface area contributed by atoms with Crippen LogP contribution in [0.25, 0.3) is 0 Å². The molecule has 312 valence electrons. The van der Waals surface area contributed by atoms with Crippen LogP contribution in [0.3, 0.4) is 0 Å². The van der Waals surface area contributed by atoms with Crippen molar-refractivity contribution >= 4 is 11.9 Å². The lowest BCUT2D eigenvalue weighted by atomic mass is 9.89. The molecule has 5 rings (SSSR count). The monoisotopic (exact) mass is 787 g/mol. The zero-order valence-corrected chi connectivity index (χ0v) is 29.3. The third-order valence-corrected chi connectivity index (χ3v) is 10.7. The molecule has 1 amide bonds. The summed E-state index contributed by atoms with van der Waals surface area (Å²) in [6, 6.07) is 0. The number of ether oxygens (including phenoxy) is 7. The van der Waals surface area contributed by atoms with Crippen molar-refractivity contribution in [2.45, 2.75) is 162 Å². The van der Waals surface area contributed by atoms with Crippen molar-refractivity contribution in [1.29, 1.82) is 0 Å². The second-order valence-electron chi connectivity index (χ2n) is 14.5. The summed E-state index contributed by atoms with van der Waals surface area (Å²) in [4.78, 5) is 24.5. The summed E-state index contributed by atoms with van der Waals surface area (Å²) in [6.07, 6.45) is -30.9. The van der Waals surface area contributed by atoms with Crippen molar-refractivity contribution in [2.75, 3.05) is 19.8 Å². The van der Waals surface area contributed by atoms with Gasteiger partial charge in [0.05, 0.1) is 19.3 Å². The van der Waals surface area contributed by atoms with Crippen molar-refractivity contribution < 1.29 is 104 Å². The van der Waals surface area contributed by atoms with E-state index in [0.717, 1.165) is 32.1 Å². The number of nitrogens with one attached hydrogen (secondary N) is 1. The molecule has 54 heavy (non-hydrogen) atoms. The maximum Gasteiger partial charge on any atom is 0.335 e. The van der Waals surface area contributed by atoms with Crippen LogP contribution in [0.4, 0.5) is 0 Å². The van der Waals surface area contributed by atoms with Gasteiger partial charge in [-0.3, -0.25) is 4.79 Å². The van der Waals surface area contributed by atoms with Crippen LogP contribution in [-0.4, -0.2) is 216 Å². The van der Waals surface area contributed by atoms with Gasteiger partial charge in [-0.05, 0) is 25.7 Å². The first-order valence-electron chi connectivity index (χ1n) is 18.0. The van der Waals surface area contributed by atoms with Crippen molar-refractivity contribution in [1.82, 2.24) is 5.32 Å². The molecule has 1 aliphatic carbocycles. The summed E-state index contributed by atoms with van der Waals surface area (Å²) in [5.41, 5.74) is 0. The van der Waals surface area contributed by atoms with E-state index in [-0.39, 0.29) is 5.92 Å². The van der Waals surface area contributed by atoms with Gasteiger partial charge in [-0.25, -0.2) is 4.79 Å². The highest BCUT2D eigenvalue weighted by molar-refractivity contribution is 5.81. The van der Waals surface area contributed by atoms with E-state index in [1.54, 1.807) is 0 Å². The lowest BCUT2D eigenvalue weighted by molar-refractivity contribution is -0.361. The predicted octanol–water partition coefficient (Wildman–Crippen LogP) is -6.88. The predicted molar refractivity (Wildman–Crippen MR) is 170 cm³/mol. The number of rotatable bonds is 12. The van der Waals surface area contributed by atoms with Crippen LogP contribution in [0.15, 0.2) is 0 Å². The summed E-state index contributed by atoms with van der Waals surface area (Å²) < 4.78 is 38.6. The maximum atomic E-state index is 13.0. The molecule has 20 unspecified atom stereocenters. The Morgan fingerprint density at radius 1 is 0.611 bits per heavy atom. The Hall–Kier alpha value is -1.78. The van der Waals surface area contributed by atoms with Crippen molar-refractivity contribution in [3.63, 3.8) is 0 Å². The molecule has 20 atom stereocenters. The van der Waals surface area contributed by atoms with Gasteiger partial charge < -0.3 is 99.8 Å². The van der Waals surface area contributed by atoms with E-state index in [1.165, 1.54) is 6.92 Å². The average molecular weight is 788 g/mol. The molecule has 4 saturated heterocycles. The number of aliphatic carboxylic acids is 1. The minimum absolute atomic E-state index is 0.215. The first-order valence-corrected chi connectivity index (χ1v) is 18.0. The zero-order chi connectivity index (χ0) is 39.6. The molecule has 13 N–H and O–H groups in total. The summed E-state index contributed by atoms with van der Waals surface area (Å²) in [7, 11) is 0. The number of carbonyl (C=O) groups excluding carboxylic acids is 1. The van der Waals surface area contributed by atoms with E-state index in [4.69, 9.17) is 33.2 Å². The highest BCUT2D eigenvalue weighted by Gasteiger charge is 2.54. The number of carboxylic acid groups (broad SMARTS) is 1. The molecule has 4 heterocycles. The molecule has 4 aliphatic heterocycles. The third kappa shape index (κ3) is 9.33. The van der Waals surface area contributed by atoms with E-state index < -0.39 is 148 Å². The van der Waals surface area contributed by atoms with Gasteiger partial charge in [-0.1, -0.05) is 19.3 Å². The molecule has 0 spiro atoms. The molecule has 22 nitrogen and oxygen atoms in total. The first kappa shape index (κ1) is 43.3. The number of carboxylic acids is 1. The third-order valence-electron chi connectivity index (χ3n) is 10.7. The van der Waals surface area contributed by atoms with Crippen LogP contribution in [0.5, 0.6) is 0 Å². The van der Waals surface area contributed by atoms with Crippen LogP contribution in [0, 0.1) is 5.92 Å². The molecule has 1 saturated carbocycles. The number of amides is 1. The fourth-order valence-corrected chi connectivity index (χ4v) is 7.35. The van der Waals surface area contributed by atoms with Crippen molar-refractivity contribution in [3.8, 4) is 0 Å². The van der Waals surface area contributed by atoms with Gasteiger partial charge in [0.15, 0.2) is 31.1 Å². The van der Waals surface area contributed by atoms with E-state index in [2.05, 4.69) is 5.32 Å². The lowest BCUT2D eigenvalue weighted by Crippen LogP contribution is -2.66. The second-order valence-corrected chi connectivity index (χ2v) is 14.5. The Kier molecular flexibility index (Phi) is 15.0. The van der Waals surface area contributed by atoms with Crippen LogP contribution in [0.2, 0.25) is 0 Å². The van der Waals surface area contributed by atoms with Crippen molar-refractivity contribution in [2.24, 2.45) is 5.92 Å². The lowest BCUT2D eigenvalue weighted by Gasteiger charge is -2.47. The summed E-state index contributed by atoms with van der Waals surface area (Å²) in [6.45, 7) is 0.168. The topological polar surface area (TPSA) is 354 Å². The Morgan fingerprint density at radius 3 is 1.72 bits per heavy atom. The minimum atomic E-state index is -2.03. The molecule has 0 radical (unpaired) electrons. The van der Waals surface area contributed by atoms with Crippen LogP contribution < -0.4 is 5.32 Å². The van der Waals surface area contributed by atoms with Gasteiger partial charge in [-0.15, -0.1) is 0 Å². The first-order chi connectivity index (χ1) is 25.5. The highest BCUT2D eigenvalue weighted by Crippen LogP contribution is 2.33. The second kappa shape index (κ2) is 18.7. The molecule has 0 aromatic rings. The van der Waals surface area contributed by atoms with Gasteiger partial charge in [0.25, 0.3) is 5.91 Å². The number of hydrogen-bond acceptors (Lipinski definition) is 20. The van der Waals surface area contributed by atoms with Crippen LogP contribution in [-0.2, 0) is 42.7 Å². The molecule has 5 fully saturated rings. The van der Waals surface area contributed by atoms with Gasteiger partial charge in [0.2, 0.25) is 0 Å². The fraction of sp³-hybridized carbons (Fsp3) is 0.938. The molecule has 22 heteroatoms. The number of aliphatic hydroxyl groups is 11.